The zero-order chi connectivity index (χ0) is 22.1. The first-order valence-corrected chi connectivity index (χ1v) is 12.0. The molecule has 1 saturated heterocycles. The number of benzene rings is 1. The van der Waals surface area contributed by atoms with E-state index in [0.29, 0.717) is 6.04 Å². The highest BCUT2D eigenvalue weighted by Gasteiger charge is 2.34. The summed E-state index contributed by atoms with van der Waals surface area (Å²) in [6.45, 7) is 5.84. The summed E-state index contributed by atoms with van der Waals surface area (Å²) < 4.78 is 2.02. The van der Waals surface area contributed by atoms with E-state index in [-0.39, 0.29) is 11.6 Å². The van der Waals surface area contributed by atoms with Gasteiger partial charge in [-0.05, 0) is 65.9 Å². The number of likely N-dealkylation sites (N-methyl/N-ethyl adjacent to an activating group) is 1. The van der Waals surface area contributed by atoms with E-state index in [0.717, 1.165) is 67.7 Å². The number of H-pyrrole nitrogens is 1. The summed E-state index contributed by atoms with van der Waals surface area (Å²) in [5.41, 5.74) is 2.82. The third kappa shape index (κ3) is 4.09. The highest BCUT2D eigenvalue weighted by molar-refractivity contribution is 5.80. The third-order valence-corrected chi connectivity index (χ3v) is 7.23. The lowest BCUT2D eigenvalue weighted by Crippen LogP contribution is -2.47. The predicted octanol–water partition coefficient (Wildman–Crippen LogP) is 2.92. The number of aryl methyl sites for hydroxylation is 1. The molecule has 0 amide bonds. The normalized spacial score (nSPS) is 20.1. The summed E-state index contributed by atoms with van der Waals surface area (Å²) >= 11 is 0. The molecule has 2 aliphatic rings. The largest absolute Gasteiger partial charge is 0.322 e. The van der Waals surface area contributed by atoms with Gasteiger partial charge < -0.3 is 9.88 Å². The number of hydrogen-bond donors (Lipinski definition) is 1. The summed E-state index contributed by atoms with van der Waals surface area (Å²) in [5.74, 6) is 0.804. The van der Waals surface area contributed by atoms with Gasteiger partial charge in [-0.1, -0.05) is 32.3 Å². The lowest BCUT2D eigenvalue weighted by molar-refractivity contribution is 0.119. The lowest BCUT2D eigenvalue weighted by Gasteiger charge is -2.37. The zero-order valence-corrected chi connectivity index (χ0v) is 19.1. The molecule has 0 radical (unpaired) electrons. The number of rotatable bonds is 5. The second-order valence-corrected chi connectivity index (χ2v) is 9.34. The van der Waals surface area contributed by atoms with Crippen LogP contribution >= 0.6 is 0 Å². The highest BCUT2D eigenvalue weighted by Crippen LogP contribution is 2.33. The molecular formula is C24H33N7O. The molecule has 170 valence electrons. The number of nitrogens with zero attached hydrogens (tertiary/aromatic N) is 6. The highest BCUT2D eigenvalue weighted by atomic mass is 16.1. The van der Waals surface area contributed by atoms with Gasteiger partial charge in [0.25, 0.3) is 5.56 Å². The van der Waals surface area contributed by atoms with Crippen LogP contribution in [0.25, 0.3) is 10.9 Å². The fourth-order valence-corrected chi connectivity index (χ4v) is 5.24. The van der Waals surface area contributed by atoms with E-state index in [1.54, 1.807) is 0 Å². The fourth-order valence-electron chi connectivity index (χ4n) is 5.24. The van der Waals surface area contributed by atoms with Gasteiger partial charge in [0.15, 0.2) is 5.82 Å². The summed E-state index contributed by atoms with van der Waals surface area (Å²) in [6, 6.07) is 8.40. The van der Waals surface area contributed by atoms with Crippen LogP contribution in [0.1, 0.15) is 68.1 Å². The molecule has 0 bridgehead atoms. The van der Waals surface area contributed by atoms with Crippen LogP contribution in [0, 0.1) is 0 Å². The van der Waals surface area contributed by atoms with Gasteiger partial charge in [-0.3, -0.25) is 9.69 Å². The lowest BCUT2D eigenvalue weighted by atomic mass is 9.95. The van der Waals surface area contributed by atoms with Crippen molar-refractivity contribution in [2.24, 2.45) is 0 Å². The molecule has 1 atom stereocenters. The number of hydrogen-bond acceptors (Lipinski definition) is 6. The number of aromatic nitrogens is 5. The van der Waals surface area contributed by atoms with Crippen LogP contribution in [-0.4, -0.2) is 68.2 Å². The maximum absolute atomic E-state index is 13.3. The molecule has 1 aliphatic heterocycles. The Morgan fingerprint density at radius 2 is 1.88 bits per heavy atom. The van der Waals surface area contributed by atoms with Crippen molar-refractivity contribution in [2.45, 2.75) is 57.5 Å². The molecule has 3 aromatic rings. The standard InChI is InChI=1S/C24H33N7O/c1-3-17-9-10-21-18(15-17)16-20(24(32)25-21)22(30-13-11-29(2)12-14-30)23-26-27-28-31(23)19-7-5-4-6-8-19/h9-10,15-16,19,22H,3-8,11-14H2,1-2H3,(H,25,32)/t22-/m1/s1. The number of tetrazole rings is 1. The average Bonchev–Trinajstić information content (AvgIpc) is 3.30. The van der Waals surface area contributed by atoms with Crippen LogP contribution in [0.3, 0.4) is 0 Å². The average molecular weight is 436 g/mol. The van der Waals surface area contributed by atoms with Crippen molar-refractivity contribution in [1.82, 2.24) is 35.0 Å². The summed E-state index contributed by atoms with van der Waals surface area (Å²) in [5, 5.41) is 14.1. The van der Waals surface area contributed by atoms with Crippen LogP contribution in [0.2, 0.25) is 0 Å². The van der Waals surface area contributed by atoms with Gasteiger partial charge in [0.2, 0.25) is 0 Å². The second kappa shape index (κ2) is 9.11. The molecule has 0 spiro atoms. The van der Waals surface area contributed by atoms with Crippen molar-refractivity contribution >= 4 is 10.9 Å². The van der Waals surface area contributed by atoms with E-state index in [1.165, 1.54) is 24.8 Å². The second-order valence-electron chi connectivity index (χ2n) is 9.34. The maximum Gasteiger partial charge on any atom is 0.253 e. The Morgan fingerprint density at radius 1 is 1.09 bits per heavy atom. The summed E-state index contributed by atoms with van der Waals surface area (Å²) in [4.78, 5) is 21.2. The first-order chi connectivity index (χ1) is 15.6. The predicted molar refractivity (Wildman–Crippen MR) is 125 cm³/mol. The zero-order valence-electron chi connectivity index (χ0n) is 19.1. The van der Waals surface area contributed by atoms with Gasteiger partial charge in [-0.25, -0.2) is 4.68 Å². The minimum atomic E-state index is -0.251. The molecule has 1 aromatic carbocycles. The van der Waals surface area contributed by atoms with Gasteiger partial charge in [0, 0.05) is 37.3 Å². The van der Waals surface area contributed by atoms with Crippen molar-refractivity contribution < 1.29 is 0 Å². The van der Waals surface area contributed by atoms with Gasteiger partial charge >= 0.3 is 0 Å². The van der Waals surface area contributed by atoms with Gasteiger partial charge in [0.05, 0.1) is 6.04 Å². The molecule has 8 heteroatoms. The van der Waals surface area contributed by atoms with Crippen molar-refractivity contribution in [3.63, 3.8) is 0 Å². The molecule has 0 unspecified atom stereocenters. The Balaban J connectivity index is 1.62. The van der Waals surface area contributed by atoms with Gasteiger partial charge in [-0.15, -0.1) is 5.10 Å². The van der Waals surface area contributed by atoms with E-state index in [4.69, 9.17) is 0 Å². The molecule has 3 heterocycles. The minimum Gasteiger partial charge on any atom is -0.322 e. The van der Waals surface area contributed by atoms with Crippen molar-refractivity contribution in [3.05, 3.63) is 51.6 Å². The number of piperazine rings is 1. The van der Waals surface area contributed by atoms with Gasteiger partial charge in [-0.2, -0.15) is 0 Å². The molecule has 2 aromatic heterocycles. The molecule has 1 aliphatic carbocycles. The van der Waals surface area contributed by atoms with E-state index < -0.39 is 0 Å². The van der Waals surface area contributed by atoms with Crippen molar-refractivity contribution in [1.29, 1.82) is 0 Å². The molecule has 1 N–H and O–H groups in total. The minimum absolute atomic E-state index is 0.0520. The molecule has 8 nitrogen and oxygen atoms in total. The SMILES string of the molecule is CCc1ccc2[nH]c(=O)c([C@H](c3nnnn3C3CCCCC3)N3CCN(C)CC3)cc2c1. The summed E-state index contributed by atoms with van der Waals surface area (Å²) in [6.07, 6.45) is 6.86. The Bertz CT molecular complexity index is 1120. The molecule has 5 rings (SSSR count). The van der Waals surface area contributed by atoms with Crippen molar-refractivity contribution in [2.75, 3.05) is 33.2 Å². The monoisotopic (exact) mass is 435 g/mol. The van der Waals surface area contributed by atoms with Crippen LogP contribution in [0.15, 0.2) is 29.1 Å². The summed E-state index contributed by atoms with van der Waals surface area (Å²) in [7, 11) is 2.15. The maximum atomic E-state index is 13.3. The topological polar surface area (TPSA) is 82.9 Å². The quantitative estimate of drug-likeness (QED) is 0.664. The molecular weight excluding hydrogens is 402 g/mol. The number of fused-ring (bicyclic) bond motifs is 1. The van der Waals surface area contributed by atoms with Crippen molar-refractivity contribution in [3.8, 4) is 0 Å². The Morgan fingerprint density at radius 3 is 2.62 bits per heavy atom. The molecule has 1 saturated carbocycles. The van der Waals surface area contributed by atoms with E-state index in [9.17, 15) is 4.79 Å². The van der Waals surface area contributed by atoms with Crippen LogP contribution in [-0.2, 0) is 6.42 Å². The first kappa shape index (κ1) is 21.3. The van der Waals surface area contributed by atoms with Crippen LogP contribution in [0.5, 0.6) is 0 Å². The molecule has 2 fully saturated rings. The van der Waals surface area contributed by atoms with E-state index >= 15 is 0 Å². The number of aromatic amines is 1. The molecule has 32 heavy (non-hydrogen) atoms. The number of nitrogens with one attached hydrogen (secondary N) is 1. The Kier molecular flexibility index (Phi) is 6.06. The fraction of sp³-hybridized carbons (Fsp3) is 0.583. The third-order valence-electron chi connectivity index (χ3n) is 7.23. The van der Waals surface area contributed by atoms with E-state index in [2.05, 4.69) is 62.5 Å². The smallest absolute Gasteiger partial charge is 0.253 e. The Labute approximate surface area is 188 Å². The number of pyridine rings is 1. The van der Waals surface area contributed by atoms with E-state index in [1.807, 2.05) is 10.7 Å². The van der Waals surface area contributed by atoms with Gasteiger partial charge in [0.1, 0.15) is 6.04 Å². The van der Waals surface area contributed by atoms with Crippen LogP contribution in [0.4, 0.5) is 0 Å². The van der Waals surface area contributed by atoms with Crippen LogP contribution < -0.4 is 5.56 Å². The first-order valence-electron chi connectivity index (χ1n) is 12.0. The Hall–Kier alpha value is -2.58.